The number of aromatic nitrogens is 2. The second-order valence-corrected chi connectivity index (χ2v) is 7.15. The number of benzene rings is 2. The van der Waals surface area contributed by atoms with E-state index < -0.39 is 0 Å². The summed E-state index contributed by atoms with van der Waals surface area (Å²) >= 11 is 1.21. The largest absolute Gasteiger partial charge is 0.352 e. The molecule has 0 aliphatic rings. The first-order valence-corrected chi connectivity index (χ1v) is 9.43. The summed E-state index contributed by atoms with van der Waals surface area (Å²) in [6.45, 7) is 2.48. The molecule has 0 bridgehead atoms. The second-order valence-electron chi connectivity index (χ2n) is 6.08. The van der Waals surface area contributed by atoms with E-state index in [1.54, 1.807) is 0 Å². The molecule has 0 aliphatic carbocycles. The summed E-state index contributed by atoms with van der Waals surface area (Å²) < 4.78 is 0. The van der Waals surface area contributed by atoms with Crippen LogP contribution in [0.2, 0.25) is 0 Å². The van der Waals surface area contributed by atoms with Crippen molar-refractivity contribution in [2.45, 2.75) is 26.3 Å². The Kier molecular flexibility index (Phi) is 6.27. The van der Waals surface area contributed by atoms with Crippen LogP contribution < -0.4 is 10.6 Å². The normalized spacial score (nSPS) is 10.4. The average molecular weight is 380 g/mol. The van der Waals surface area contributed by atoms with Crippen molar-refractivity contribution in [3.8, 4) is 0 Å². The molecule has 0 saturated heterocycles. The van der Waals surface area contributed by atoms with Gasteiger partial charge in [-0.15, -0.1) is 10.2 Å². The Morgan fingerprint density at radius 3 is 2.48 bits per heavy atom. The molecule has 0 fully saturated rings. The minimum atomic E-state index is -0.295. The van der Waals surface area contributed by atoms with E-state index in [0.29, 0.717) is 30.1 Å². The molecule has 0 saturated carbocycles. The van der Waals surface area contributed by atoms with Crippen molar-refractivity contribution in [1.82, 2.24) is 15.5 Å². The minimum absolute atomic E-state index is 0.0558. The summed E-state index contributed by atoms with van der Waals surface area (Å²) in [6.07, 6.45) is 0.761. The topological polar surface area (TPSA) is 84.0 Å². The number of aryl methyl sites for hydroxylation is 2. The molecule has 138 valence electrons. The van der Waals surface area contributed by atoms with E-state index in [1.807, 2.05) is 61.5 Å². The number of carbonyl (C=O) groups excluding carboxylic acids is 2. The van der Waals surface area contributed by atoms with Crippen molar-refractivity contribution in [3.05, 3.63) is 75.7 Å². The maximum Gasteiger partial charge on any atom is 0.286 e. The van der Waals surface area contributed by atoms with E-state index in [4.69, 9.17) is 0 Å². The highest BCUT2D eigenvalue weighted by atomic mass is 32.1. The third-order valence-corrected chi connectivity index (χ3v) is 4.85. The van der Waals surface area contributed by atoms with Gasteiger partial charge in [-0.1, -0.05) is 59.4 Å². The third-order valence-electron chi connectivity index (χ3n) is 3.87. The fourth-order valence-corrected chi connectivity index (χ4v) is 3.11. The Hall–Kier alpha value is -3.06. The van der Waals surface area contributed by atoms with Crippen molar-refractivity contribution < 1.29 is 9.59 Å². The van der Waals surface area contributed by atoms with Crippen molar-refractivity contribution >= 4 is 28.8 Å². The van der Waals surface area contributed by atoms with Crippen LogP contribution in [0.15, 0.2) is 54.6 Å². The third kappa shape index (κ3) is 5.72. The van der Waals surface area contributed by atoms with Gasteiger partial charge in [0.25, 0.3) is 5.91 Å². The Bertz CT molecular complexity index is 907. The molecule has 1 aromatic heterocycles. The molecular formula is C20H20N4O2S. The van der Waals surface area contributed by atoms with E-state index in [0.717, 1.165) is 11.1 Å². The molecule has 3 rings (SSSR count). The van der Waals surface area contributed by atoms with Gasteiger partial charge < -0.3 is 10.6 Å². The molecule has 0 aliphatic heterocycles. The summed E-state index contributed by atoms with van der Waals surface area (Å²) in [5.41, 5.74) is 2.89. The molecule has 2 amide bonds. The number of amides is 2. The van der Waals surface area contributed by atoms with Gasteiger partial charge in [-0.3, -0.25) is 9.59 Å². The second kappa shape index (κ2) is 9.05. The lowest BCUT2D eigenvalue weighted by Crippen LogP contribution is -2.22. The zero-order chi connectivity index (χ0) is 19.1. The molecule has 6 nitrogen and oxygen atoms in total. The summed E-state index contributed by atoms with van der Waals surface area (Å²) in [7, 11) is 0. The molecule has 0 unspecified atom stereocenters. The summed E-state index contributed by atoms with van der Waals surface area (Å²) in [5, 5.41) is 14.6. The van der Waals surface area contributed by atoms with Crippen LogP contribution in [0.4, 0.5) is 5.69 Å². The number of rotatable bonds is 7. The Labute approximate surface area is 161 Å². The van der Waals surface area contributed by atoms with Gasteiger partial charge in [0.1, 0.15) is 5.01 Å². The van der Waals surface area contributed by atoms with Crippen LogP contribution in [0, 0.1) is 6.92 Å². The minimum Gasteiger partial charge on any atom is -0.352 e. The molecule has 2 aromatic carbocycles. The number of hydrogen-bond acceptors (Lipinski definition) is 5. The molecule has 0 spiro atoms. The highest BCUT2D eigenvalue weighted by Gasteiger charge is 2.14. The van der Waals surface area contributed by atoms with E-state index in [9.17, 15) is 9.59 Å². The maximum atomic E-state index is 12.2. The molecule has 1 heterocycles. The number of carbonyl (C=O) groups is 2. The summed E-state index contributed by atoms with van der Waals surface area (Å²) in [5.74, 6) is -0.351. The van der Waals surface area contributed by atoms with Crippen LogP contribution >= 0.6 is 11.3 Å². The Balaban J connectivity index is 1.46. The van der Waals surface area contributed by atoms with Crippen LogP contribution in [0.25, 0.3) is 0 Å². The Morgan fingerprint density at radius 2 is 1.74 bits per heavy atom. The molecule has 0 radical (unpaired) electrons. The smallest absolute Gasteiger partial charge is 0.286 e. The monoisotopic (exact) mass is 380 g/mol. The lowest BCUT2D eigenvalue weighted by Gasteiger charge is -2.04. The highest BCUT2D eigenvalue weighted by molar-refractivity contribution is 7.13. The van der Waals surface area contributed by atoms with Gasteiger partial charge in [0, 0.05) is 25.1 Å². The van der Waals surface area contributed by atoms with Crippen molar-refractivity contribution in [3.63, 3.8) is 0 Å². The Morgan fingerprint density at radius 1 is 1.00 bits per heavy atom. The van der Waals surface area contributed by atoms with E-state index in [1.165, 1.54) is 11.3 Å². The molecule has 7 heteroatoms. The van der Waals surface area contributed by atoms with Crippen molar-refractivity contribution in [2.75, 3.05) is 5.32 Å². The van der Waals surface area contributed by atoms with Gasteiger partial charge in [0.05, 0.1) is 0 Å². The standard InChI is InChI=1S/C20H20N4O2S/c1-14-7-9-16(10-8-14)22-19(26)20-24-23-18(27-20)12-11-17(25)21-13-15-5-3-2-4-6-15/h2-10H,11-13H2,1H3,(H,21,25)(H,22,26). The number of hydrogen-bond donors (Lipinski definition) is 2. The van der Waals surface area contributed by atoms with Crippen LogP contribution in [0.1, 0.15) is 32.4 Å². The van der Waals surface area contributed by atoms with Gasteiger partial charge in [-0.25, -0.2) is 0 Å². The van der Waals surface area contributed by atoms with Crippen LogP contribution in [0.3, 0.4) is 0 Å². The predicted molar refractivity (Wildman–Crippen MR) is 106 cm³/mol. The predicted octanol–water partition coefficient (Wildman–Crippen LogP) is 3.35. The number of anilines is 1. The fourth-order valence-electron chi connectivity index (χ4n) is 2.37. The fraction of sp³-hybridized carbons (Fsp3) is 0.200. The first-order chi connectivity index (χ1) is 13.1. The van der Waals surface area contributed by atoms with Gasteiger partial charge in [-0.2, -0.15) is 0 Å². The molecule has 3 aromatic rings. The lowest BCUT2D eigenvalue weighted by atomic mass is 10.2. The summed E-state index contributed by atoms with van der Waals surface area (Å²) in [6, 6.07) is 17.3. The lowest BCUT2D eigenvalue weighted by molar-refractivity contribution is -0.121. The van der Waals surface area contributed by atoms with E-state index in [-0.39, 0.29) is 16.8 Å². The van der Waals surface area contributed by atoms with Gasteiger partial charge in [-0.05, 0) is 24.6 Å². The van der Waals surface area contributed by atoms with E-state index >= 15 is 0 Å². The SMILES string of the molecule is Cc1ccc(NC(=O)c2nnc(CCC(=O)NCc3ccccc3)s2)cc1. The molecule has 27 heavy (non-hydrogen) atoms. The first kappa shape index (κ1) is 18.7. The van der Waals surface area contributed by atoms with Crippen molar-refractivity contribution in [2.24, 2.45) is 0 Å². The van der Waals surface area contributed by atoms with Crippen LogP contribution in [-0.2, 0) is 17.8 Å². The quantitative estimate of drug-likeness (QED) is 0.658. The van der Waals surface area contributed by atoms with Gasteiger partial charge >= 0.3 is 0 Å². The van der Waals surface area contributed by atoms with Crippen LogP contribution in [0.5, 0.6) is 0 Å². The average Bonchev–Trinajstić information content (AvgIpc) is 3.16. The summed E-state index contributed by atoms with van der Waals surface area (Å²) in [4.78, 5) is 24.2. The molecule has 2 N–H and O–H groups in total. The number of nitrogens with zero attached hydrogens (tertiary/aromatic N) is 2. The highest BCUT2D eigenvalue weighted by Crippen LogP contribution is 2.15. The van der Waals surface area contributed by atoms with Crippen molar-refractivity contribution in [1.29, 1.82) is 0 Å². The first-order valence-electron chi connectivity index (χ1n) is 8.61. The van der Waals surface area contributed by atoms with E-state index in [2.05, 4.69) is 20.8 Å². The number of nitrogens with one attached hydrogen (secondary N) is 2. The van der Waals surface area contributed by atoms with Gasteiger partial charge in [0.15, 0.2) is 0 Å². The molecule has 0 atom stereocenters. The van der Waals surface area contributed by atoms with Gasteiger partial charge in [0.2, 0.25) is 10.9 Å². The zero-order valence-electron chi connectivity index (χ0n) is 14.9. The molecular weight excluding hydrogens is 360 g/mol. The zero-order valence-corrected chi connectivity index (χ0v) is 15.8. The van der Waals surface area contributed by atoms with Crippen LogP contribution in [-0.4, -0.2) is 22.0 Å². The maximum absolute atomic E-state index is 12.2.